The maximum absolute atomic E-state index is 13.8. The molecule has 0 saturated heterocycles. The lowest BCUT2D eigenvalue weighted by molar-refractivity contribution is -0.675. The van der Waals surface area contributed by atoms with Gasteiger partial charge in [0.15, 0.2) is 0 Å². The van der Waals surface area contributed by atoms with Gasteiger partial charge in [-0.3, -0.25) is 0 Å². The highest BCUT2D eigenvalue weighted by Crippen LogP contribution is 2.19. The monoisotopic (exact) mass is 292 g/mol. The molecule has 0 bridgehead atoms. The third kappa shape index (κ3) is 3.54. The van der Waals surface area contributed by atoms with Crippen molar-refractivity contribution in [2.45, 2.75) is 6.54 Å². The summed E-state index contributed by atoms with van der Waals surface area (Å²) >= 11 is 6.06. The Morgan fingerprint density at radius 2 is 2.05 bits per heavy atom. The normalized spacial score (nSPS) is 11.0. The van der Waals surface area contributed by atoms with Crippen molar-refractivity contribution in [2.75, 3.05) is 14.1 Å². The fourth-order valence-corrected chi connectivity index (χ4v) is 1.97. The number of aromatic nitrogens is 1. The molecule has 0 radical (unpaired) electrons. The van der Waals surface area contributed by atoms with Gasteiger partial charge in [0.1, 0.15) is 12.4 Å². The minimum Gasteiger partial charge on any atom is -0.348 e. The van der Waals surface area contributed by atoms with E-state index in [-0.39, 0.29) is 5.82 Å². The van der Waals surface area contributed by atoms with E-state index in [1.807, 2.05) is 48.0 Å². The van der Waals surface area contributed by atoms with Gasteiger partial charge in [-0.1, -0.05) is 23.7 Å². The summed E-state index contributed by atoms with van der Waals surface area (Å²) in [5.74, 6) is 0.428. The average Bonchev–Trinajstić information content (AvgIpc) is 2.42. The maximum atomic E-state index is 13.8. The molecule has 3 nitrogen and oxygen atoms in total. The Kier molecular flexibility index (Phi) is 4.69. The zero-order valence-corrected chi connectivity index (χ0v) is 12.2. The molecule has 2 rings (SSSR count). The van der Waals surface area contributed by atoms with Crippen molar-refractivity contribution in [3.05, 3.63) is 59.0 Å². The zero-order chi connectivity index (χ0) is 14.5. The van der Waals surface area contributed by atoms with Crippen molar-refractivity contribution < 1.29 is 8.96 Å². The van der Waals surface area contributed by atoms with Gasteiger partial charge in [-0.25, -0.2) is 8.96 Å². The number of rotatable bonds is 4. The average molecular weight is 293 g/mol. The van der Waals surface area contributed by atoms with E-state index < -0.39 is 0 Å². The van der Waals surface area contributed by atoms with Gasteiger partial charge in [0.2, 0.25) is 6.34 Å². The highest BCUT2D eigenvalue weighted by molar-refractivity contribution is 6.31. The summed E-state index contributed by atoms with van der Waals surface area (Å²) < 4.78 is 15.7. The molecule has 1 aromatic carbocycles. The van der Waals surface area contributed by atoms with Crippen LogP contribution in [0.15, 0.2) is 47.6 Å². The molecule has 0 saturated carbocycles. The van der Waals surface area contributed by atoms with Gasteiger partial charge < -0.3 is 4.90 Å². The molecule has 104 valence electrons. The number of nitrogens with zero attached hydrogens (tertiary/aromatic N) is 3. The Labute approximate surface area is 123 Å². The number of halogens is 2. The smallest absolute Gasteiger partial charge is 0.325 e. The summed E-state index contributed by atoms with van der Waals surface area (Å²) in [7, 11) is 3.79. The molecule has 20 heavy (non-hydrogen) atoms. The Bertz CT molecular complexity index is 606. The lowest BCUT2D eigenvalue weighted by atomic mass is 10.2. The SMILES string of the molecule is CN(C)/C=N/c1cccc[n+]1Cc1c(F)cccc1Cl. The molecule has 0 amide bonds. The summed E-state index contributed by atoms with van der Waals surface area (Å²) in [6, 6.07) is 10.3. The second kappa shape index (κ2) is 6.48. The van der Waals surface area contributed by atoms with Gasteiger partial charge in [0, 0.05) is 25.7 Å². The van der Waals surface area contributed by atoms with Gasteiger partial charge in [-0.15, -0.1) is 0 Å². The number of hydrogen-bond donors (Lipinski definition) is 0. The van der Waals surface area contributed by atoms with Crippen molar-refractivity contribution in [1.29, 1.82) is 0 Å². The van der Waals surface area contributed by atoms with Crippen LogP contribution in [0.3, 0.4) is 0 Å². The summed E-state index contributed by atoms with van der Waals surface area (Å²) in [6.45, 7) is 0.340. The number of benzene rings is 1. The van der Waals surface area contributed by atoms with E-state index in [1.165, 1.54) is 6.07 Å². The predicted octanol–water partition coefficient (Wildman–Crippen LogP) is 3.04. The quantitative estimate of drug-likeness (QED) is 0.482. The molecular weight excluding hydrogens is 277 g/mol. The van der Waals surface area contributed by atoms with Crippen LogP contribution in [0.2, 0.25) is 5.02 Å². The number of hydrogen-bond acceptors (Lipinski definition) is 1. The standard InChI is InChI=1S/C15H16ClFN3/c1-19(2)11-18-15-8-3-4-9-20(15)10-12-13(16)6-5-7-14(12)17/h3-9,11H,10H2,1-2H3/q+1. The highest BCUT2D eigenvalue weighted by atomic mass is 35.5. The highest BCUT2D eigenvalue weighted by Gasteiger charge is 2.13. The van der Waals surface area contributed by atoms with Crippen molar-refractivity contribution in [3.63, 3.8) is 0 Å². The fraction of sp³-hybridized carbons (Fsp3) is 0.200. The zero-order valence-electron chi connectivity index (χ0n) is 11.4. The van der Waals surface area contributed by atoms with E-state index in [1.54, 1.807) is 18.5 Å². The van der Waals surface area contributed by atoms with Gasteiger partial charge in [0.05, 0.1) is 11.2 Å². The third-order valence-electron chi connectivity index (χ3n) is 2.73. The van der Waals surface area contributed by atoms with Gasteiger partial charge in [0.25, 0.3) is 0 Å². The largest absolute Gasteiger partial charge is 0.348 e. The Morgan fingerprint density at radius 3 is 2.75 bits per heavy atom. The fourth-order valence-electron chi connectivity index (χ4n) is 1.75. The van der Waals surface area contributed by atoms with Crippen LogP contribution in [-0.2, 0) is 6.54 Å². The van der Waals surface area contributed by atoms with E-state index in [0.717, 1.165) is 5.82 Å². The summed E-state index contributed by atoms with van der Waals surface area (Å²) in [6.07, 6.45) is 3.56. The molecule has 2 aromatic rings. The molecule has 1 aromatic heterocycles. The number of pyridine rings is 1. The molecule has 0 aliphatic heterocycles. The van der Waals surface area contributed by atoms with Crippen LogP contribution in [0.4, 0.5) is 10.2 Å². The first-order valence-electron chi connectivity index (χ1n) is 6.20. The number of aliphatic imine (C=N–C) groups is 1. The Morgan fingerprint density at radius 1 is 1.25 bits per heavy atom. The summed E-state index contributed by atoms with van der Waals surface area (Å²) in [4.78, 5) is 6.20. The third-order valence-corrected chi connectivity index (χ3v) is 3.08. The van der Waals surface area contributed by atoms with Crippen LogP contribution in [0.1, 0.15) is 5.56 Å². The van der Waals surface area contributed by atoms with Crippen molar-refractivity contribution in [2.24, 2.45) is 4.99 Å². The van der Waals surface area contributed by atoms with Crippen LogP contribution < -0.4 is 4.57 Å². The molecule has 1 heterocycles. The van der Waals surface area contributed by atoms with Crippen LogP contribution in [0.5, 0.6) is 0 Å². The van der Waals surface area contributed by atoms with Crippen LogP contribution in [-0.4, -0.2) is 25.3 Å². The summed E-state index contributed by atoms with van der Waals surface area (Å²) in [5, 5.41) is 0.420. The summed E-state index contributed by atoms with van der Waals surface area (Å²) in [5.41, 5.74) is 0.465. The van der Waals surface area contributed by atoms with E-state index >= 15 is 0 Å². The lowest BCUT2D eigenvalue weighted by Gasteiger charge is -2.06. The first kappa shape index (κ1) is 14.5. The van der Waals surface area contributed by atoms with Crippen molar-refractivity contribution in [1.82, 2.24) is 4.90 Å². The van der Waals surface area contributed by atoms with E-state index in [4.69, 9.17) is 11.6 Å². The van der Waals surface area contributed by atoms with Gasteiger partial charge in [-0.2, -0.15) is 0 Å². The molecular formula is C15H16ClFN3+. The van der Waals surface area contributed by atoms with E-state index in [2.05, 4.69) is 4.99 Å². The molecule has 0 aliphatic rings. The van der Waals surface area contributed by atoms with Crippen LogP contribution in [0.25, 0.3) is 0 Å². The topological polar surface area (TPSA) is 19.5 Å². The minimum absolute atomic E-state index is 0.309. The Balaban J connectivity index is 2.34. The molecule has 0 atom stereocenters. The van der Waals surface area contributed by atoms with Crippen LogP contribution in [0, 0.1) is 5.82 Å². The molecule has 0 N–H and O–H groups in total. The first-order valence-corrected chi connectivity index (χ1v) is 6.57. The first-order chi connectivity index (χ1) is 9.58. The molecule has 0 fully saturated rings. The van der Waals surface area contributed by atoms with Gasteiger partial charge in [-0.05, 0) is 23.2 Å². The van der Waals surface area contributed by atoms with Crippen molar-refractivity contribution in [3.8, 4) is 0 Å². The molecule has 0 unspecified atom stereocenters. The Hall–Kier alpha value is -1.94. The second-order valence-electron chi connectivity index (χ2n) is 4.60. The molecule has 5 heteroatoms. The second-order valence-corrected chi connectivity index (χ2v) is 5.00. The lowest BCUT2D eigenvalue weighted by Crippen LogP contribution is -2.34. The molecule has 0 aliphatic carbocycles. The minimum atomic E-state index is -0.309. The molecule has 0 spiro atoms. The van der Waals surface area contributed by atoms with Crippen molar-refractivity contribution >= 4 is 23.8 Å². The van der Waals surface area contributed by atoms with E-state index in [9.17, 15) is 4.39 Å². The van der Waals surface area contributed by atoms with Crippen LogP contribution >= 0.6 is 11.6 Å². The van der Waals surface area contributed by atoms with E-state index in [0.29, 0.717) is 17.1 Å². The van der Waals surface area contributed by atoms with Gasteiger partial charge >= 0.3 is 5.82 Å². The maximum Gasteiger partial charge on any atom is 0.325 e. The predicted molar refractivity (Wildman–Crippen MR) is 79.0 cm³/mol.